The normalized spacial score (nSPS) is 14.8. The van der Waals surface area contributed by atoms with Crippen molar-refractivity contribution in [3.05, 3.63) is 48.1 Å². The Morgan fingerprint density at radius 1 is 1.07 bits per heavy atom. The zero-order chi connectivity index (χ0) is 11.4. The molecular formula is C11H13F3. The van der Waals surface area contributed by atoms with E-state index in [1.165, 1.54) is 19.1 Å². The van der Waals surface area contributed by atoms with Crippen molar-refractivity contribution in [2.45, 2.75) is 20.0 Å². The van der Waals surface area contributed by atoms with Crippen LogP contribution in [-0.2, 0) is 0 Å². The standard InChI is InChI=1S/C11H13F3/c1-5-8(3)7-10(9(4)6-2)11(12,13)14/h5-7H,1-2H2,3-4H3/b8-7+,10-9+. The molecule has 0 aromatic rings. The molecule has 0 heterocycles. The molecule has 0 aliphatic heterocycles. The summed E-state index contributed by atoms with van der Waals surface area (Å²) in [6.45, 7) is 9.65. The minimum atomic E-state index is -4.34. The Balaban J connectivity index is 5.36. The fraction of sp³-hybridized carbons (Fsp3) is 0.273. The summed E-state index contributed by atoms with van der Waals surface area (Å²) in [5.74, 6) is 0. The number of hydrogen-bond acceptors (Lipinski definition) is 0. The van der Waals surface area contributed by atoms with E-state index in [1.807, 2.05) is 0 Å². The molecule has 0 saturated heterocycles. The van der Waals surface area contributed by atoms with Crippen LogP contribution in [0.15, 0.2) is 48.1 Å². The van der Waals surface area contributed by atoms with Gasteiger partial charge in [0.1, 0.15) is 0 Å². The molecule has 0 aliphatic rings. The van der Waals surface area contributed by atoms with E-state index in [2.05, 4.69) is 13.2 Å². The Labute approximate surface area is 82.1 Å². The minimum Gasteiger partial charge on any atom is -0.166 e. The monoisotopic (exact) mass is 202 g/mol. The first-order valence-electron chi connectivity index (χ1n) is 4.04. The van der Waals surface area contributed by atoms with Gasteiger partial charge in [-0.1, -0.05) is 30.9 Å². The number of rotatable bonds is 3. The summed E-state index contributed by atoms with van der Waals surface area (Å²) < 4.78 is 37.4. The Morgan fingerprint density at radius 2 is 1.57 bits per heavy atom. The maximum atomic E-state index is 12.5. The highest BCUT2D eigenvalue weighted by Crippen LogP contribution is 2.30. The van der Waals surface area contributed by atoms with Crippen molar-refractivity contribution in [1.29, 1.82) is 0 Å². The molecule has 0 bridgehead atoms. The van der Waals surface area contributed by atoms with Crippen LogP contribution in [-0.4, -0.2) is 6.18 Å². The molecule has 0 atom stereocenters. The lowest BCUT2D eigenvalue weighted by Gasteiger charge is -2.10. The van der Waals surface area contributed by atoms with E-state index >= 15 is 0 Å². The van der Waals surface area contributed by atoms with E-state index in [9.17, 15) is 13.2 Å². The predicted octanol–water partition coefficient (Wildman–Crippen LogP) is 4.18. The zero-order valence-electron chi connectivity index (χ0n) is 8.28. The first-order chi connectivity index (χ1) is 6.32. The highest BCUT2D eigenvalue weighted by Gasteiger charge is 2.33. The molecule has 0 spiro atoms. The first kappa shape index (κ1) is 12.8. The third-order valence-electron chi connectivity index (χ3n) is 1.73. The number of hydrogen-bond donors (Lipinski definition) is 0. The van der Waals surface area contributed by atoms with Crippen molar-refractivity contribution in [2.24, 2.45) is 0 Å². The predicted molar refractivity (Wildman–Crippen MR) is 52.9 cm³/mol. The molecule has 0 N–H and O–H groups in total. The van der Waals surface area contributed by atoms with E-state index in [4.69, 9.17) is 0 Å². The molecule has 0 saturated carbocycles. The quantitative estimate of drug-likeness (QED) is 0.602. The summed E-state index contributed by atoms with van der Waals surface area (Å²) in [7, 11) is 0. The molecule has 0 aromatic carbocycles. The van der Waals surface area contributed by atoms with Crippen molar-refractivity contribution >= 4 is 0 Å². The average molecular weight is 202 g/mol. The first-order valence-corrected chi connectivity index (χ1v) is 4.04. The number of halogens is 3. The van der Waals surface area contributed by atoms with Gasteiger partial charge in [-0.25, -0.2) is 0 Å². The summed E-state index contributed by atoms with van der Waals surface area (Å²) in [6, 6.07) is 0. The smallest absolute Gasteiger partial charge is 0.166 e. The summed E-state index contributed by atoms with van der Waals surface area (Å²) in [4.78, 5) is 0. The Bertz CT molecular complexity index is 290. The van der Waals surface area contributed by atoms with Crippen LogP contribution in [0, 0.1) is 0 Å². The molecule has 0 unspecified atom stereocenters. The van der Waals surface area contributed by atoms with Gasteiger partial charge in [-0.3, -0.25) is 0 Å². The molecule has 0 nitrogen and oxygen atoms in total. The van der Waals surface area contributed by atoms with Crippen molar-refractivity contribution in [1.82, 2.24) is 0 Å². The second kappa shape index (κ2) is 4.84. The van der Waals surface area contributed by atoms with E-state index in [-0.39, 0.29) is 5.57 Å². The van der Waals surface area contributed by atoms with E-state index < -0.39 is 11.7 Å². The molecule has 78 valence electrons. The molecule has 0 fully saturated rings. The van der Waals surface area contributed by atoms with Crippen LogP contribution in [0.5, 0.6) is 0 Å². The molecule has 0 amide bonds. The van der Waals surface area contributed by atoms with Crippen LogP contribution < -0.4 is 0 Å². The molecular weight excluding hydrogens is 189 g/mol. The summed E-state index contributed by atoms with van der Waals surface area (Å²) in [5, 5.41) is 0. The molecule has 14 heavy (non-hydrogen) atoms. The summed E-state index contributed by atoms with van der Waals surface area (Å²) >= 11 is 0. The summed E-state index contributed by atoms with van der Waals surface area (Å²) in [5.41, 5.74) is -0.0953. The van der Waals surface area contributed by atoms with Crippen molar-refractivity contribution in [2.75, 3.05) is 0 Å². The van der Waals surface area contributed by atoms with Crippen LogP contribution >= 0.6 is 0 Å². The van der Waals surface area contributed by atoms with Gasteiger partial charge < -0.3 is 0 Å². The average Bonchev–Trinajstić information content (AvgIpc) is 2.10. The highest BCUT2D eigenvalue weighted by atomic mass is 19.4. The van der Waals surface area contributed by atoms with E-state index in [0.29, 0.717) is 5.57 Å². The molecule has 0 rings (SSSR count). The van der Waals surface area contributed by atoms with Crippen LogP contribution in [0.1, 0.15) is 13.8 Å². The highest BCUT2D eigenvalue weighted by molar-refractivity contribution is 5.38. The van der Waals surface area contributed by atoms with Crippen LogP contribution in [0.3, 0.4) is 0 Å². The lowest BCUT2D eigenvalue weighted by molar-refractivity contribution is -0.0888. The lowest BCUT2D eigenvalue weighted by Crippen LogP contribution is -2.12. The van der Waals surface area contributed by atoms with Gasteiger partial charge >= 0.3 is 6.18 Å². The topological polar surface area (TPSA) is 0 Å². The van der Waals surface area contributed by atoms with Gasteiger partial charge in [-0.2, -0.15) is 13.2 Å². The van der Waals surface area contributed by atoms with E-state index in [1.54, 1.807) is 6.92 Å². The Morgan fingerprint density at radius 3 is 1.86 bits per heavy atom. The fourth-order valence-electron chi connectivity index (χ4n) is 0.816. The van der Waals surface area contributed by atoms with Gasteiger partial charge in [0.2, 0.25) is 0 Å². The fourth-order valence-corrected chi connectivity index (χ4v) is 0.816. The summed E-state index contributed by atoms with van der Waals surface area (Å²) in [6.07, 6.45) is -0.718. The molecule has 3 heteroatoms. The molecule has 0 aliphatic carbocycles. The van der Waals surface area contributed by atoms with E-state index in [0.717, 1.165) is 6.08 Å². The van der Waals surface area contributed by atoms with Gasteiger partial charge in [0.05, 0.1) is 5.57 Å². The van der Waals surface area contributed by atoms with Crippen LogP contribution in [0.25, 0.3) is 0 Å². The second-order valence-electron chi connectivity index (χ2n) is 2.89. The number of alkyl halides is 3. The van der Waals surface area contributed by atoms with Gasteiger partial charge in [0.15, 0.2) is 0 Å². The lowest BCUT2D eigenvalue weighted by atomic mass is 10.1. The largest absolute Gasteiger partial charge is 0.416 e. The van der Waals surface area contributed by atoms with Gasteiger partial charge in [-0.05, 0) is 25.5 Å². The third kappa shape index (κ3) is 3.64. The van der Waals surface area contributed by atoms with Crippen LogP contribution in [0.4, 0.5) is 13.2 Å². The van der Waals surface area contributed by atoms with Crippen molar-refractivity contribution in [3.63, 3.8) is 0 Å². The Kier molecular flexibility index (Phi) is 4.41. The van der Waals surface area contributed by atoms with Crippen molar-refractivity contribution < 1.29 is 13.2 Å². The number of allylic oxidation sites excluding steroid dienone is 6. The zero-order valence-corrected chi connectivity index (χ0v) is 8.28. The van der Waals surface area contributed by atoms with Gasteiger partial charge in [0.25, 0.3) is 0 Å². The Hall–Kier alpha value is -1.25. The SMILES string of the molecule is C=C/C(C)=C/C(=C(/C)C=C)C(F)(F)F. The molecule has 0 aromatic heterocycles. The maximum absolute atomic E-state index is 12.5. The minimum absolute atomic E-state index is 0.110. The maximum Gasteiger partial charge on any atom is 0.416 e. The van der Waals surface area contributed by atoms with Crippen LogP contribution in [0.2, 0.25) is 0 Å². The van der Waals surface area contributed by atoms with Gasteiger partial charge in [-0.15, -0.1) is 0 Å². The third-order valence-corrected chi connectivity index (χ3v) is 1.73. The van der Waals surface area contributed by atoms with Crippen molar-refractivity contribution in [3.8, 4) is 0 Å². The van der Waals surface area contributed by atoms with Gasteiger partial charge in [0, 0.05) is 0 Å². The second-order valence-corrected chi connectivity index (χ2v) is 2.89. The molecule has 0 radical (unpaired) electrons.